The molecule has 0 aromatic rings. The summed E-state index contributed by atoms with van der Waals surface area (Å²) in [6.45, 7) is 4.47. The molecular weight excluding hydrogens is 146 g/mol. The smallest absolute Gasteiger partial charge is 0.0162 e. The van der Waals surface area contributed by atoms with E-state index in [0.717, 1.165) is 6.54 Å². The largest absolute Gasteiger partial charge is 0.302 e. The van der Waals surface area contributed by atoms with Gasteiger partial charge in [-0.2, -0.15) is 0 Å². The van der Waals surface area contributed by atoms with Gasteiger partial charge in [0.05, 0.1) is 0 Å². The Labute approximate surface area is 75.8 Å². The lowest BCUT2D eigenvalue weighted by atomic mass is 10.0. The predicted molar refractivity (Wildman–Crippen MR) is 54.2 cm³/mol. The van der Waals surface area contributed by atoms with Crippen LogP contribution in [0, 0.1) is 0 Å². The van der Waals surface area contributed by atoms with Crippen LogP contribution in [0.3, 0.4) is 0 Å². The van der Waals surface area contributed by atoms with Crippen molar-refractivity contribution in [1.29, 1.82) is 0 Å². The quantitative estimate of drug-likeness (QED) is 0.581. The molecule has 0 unspecified atom stereocenters. The second-order valence-corrected chi connectivity index (χ2v) is 3.48. The van der Waals surface area contributed by atoms with Gasteiger partial charge < -0.3 is 4.90 Å². The first-order valence-electron chi connectivity index (χ1n) is 4.80. The number of allylic oxidation sites excluding steroid dienone is 2. The standard InChI is InChI=1S/C11H19N/c1-3-4-5-6-11-7-9-12(2)10-8-11/h3-4,7H,5-6,8-10H2,1-2H3/b4-3-. The van der Waals surface area contributed by atoms with Crippen molar-refractivity contribution in [3.63, 3.8) is 0 Å². The summed E-state index contributed by atoms with van der Waals surface area (Å²) in [5, 5.41) is 0. The van der Waals surface area contributed by atoms with Gasteiger partial charge in [0.25, 0.3) is 0 Å². The molecule has 0 saturated heterocycles. The third kappa shape index (κ3) is 3.22. The van der Waals surface area contributed by atoms with Crippen molar-refractivity contribution in [2.75, 3.05) is 20.1 Å². The van der Waals surface area contributed by atoms with Crippen LogP contribution in [0.4, 0.5) is 0 Å². The van der Waals surface area contributed by atoms with Crippen molar-refractivity contribution in [1.82, 2.24) is 4.90 Å². The average Bonchev–Trinajstić information content (AvgIpc) is 2.09. The highest BCUT2D eigenvalue weighted by Crippen LogP contribution is 2.14. The first kappa shape index (κ1) is 9.53. The van der Waals surface area contributed by atoms with Crippen LogP contribution in [-0.4, -0.2) is 25.0 Å². The highest BCUT2D eigenvalue weighted by molar-refractivity contribution is 5.07. The molecule has 0 N–H and O–H groups in total. The lowest BCUT2D eigenvalue weighted by molar-refractivity contribution is 0.356. The maximum atomic E-state index is 2.38. The molecule has 12 heavy (non-hydrogen) atoms. The van der Waals surface area contributed by atoms with Crippen LogP contribution in [0.5, 0.6) is 0 Å². The monoisotopic (exact) mass is 165 g/mol. The van der Waals surface area contributed by atoms with Gasteiger partial charge in [-0.05, 0) is 33.2 Å². The fourth-order valence-corrected chi connectivity index (χ4v) is 1.48. The first-order chi connectivity index (χ1) is 5.83. The van der Waals surface area contributed by atoms with Crippen LogP contribution >= 0.6 is 0 Å². The normalized spacial score (nSPS) is 20.0. The van der Waals surface area contributed by atoms with E-state index in [1.165, 1.54) is 25.8 Å². The molecule has 1 nitrogen and oxygen atoms in total. The van der Waals surface area contributed by atoms with Crippen LogP contribution in [0.2, 0.25) is 0 Å². The zero-order valence-electron chi connectivity index (χ0n) is 8.21. The lowest BCUT2D eigenvalue weighted by Crippen LogP contribution is -2.23. The molecule has 0 aromatic heterocycles. The topological polar surface area (TPSA) is 3.24 Å². The van der Waals surface area contributed by atoms with Crippen LogP contribution in [0.15, 0.2) is 23.8 Å². The van der Waals surface area contributed by atoms with Crippen molar-refractivity contribution < 1.29 is 0 Å². The summed E-state index contributed by atoms with van der Waals surface area (Å²) < 4.78 is 0. The molecule has 1 rings (SSSR count). The van der Waals surface area contributed by atoms with Gasteiger partial charge in [-0.15, -0.1) is 0 Å². The Hall–Kier alpha value is -0.560. The Morgan fingerprint density at radius 3 is 3.00 bits per heavy atom. The van der Waals surface area contributed by atoms with Crippen LogP contribution in [0.25, 0.3) is 0 Å². The Kier molecular flexibility index (Phi) is 4.09. The average molecular weight is 165 g/mol. The Bertz CT molecular complexity index is 179. The summed E-state index contributed by atoms with van der Waals surface area (Å²) in [6.07, 6.45) is 10.5. The number of rotatable bonds is 3. The molecule has 0 aliphatic carbocycles. The highest BCUT2D eigenvalue weighted by Gasteiger charge is 2.05. The number of hydrogen-bond acceptors (Lipinski definition) is 1. The zero-order chi connectivity index (χ0) is 8.81. The van der Waals surface area contributed by atoms with E-state index in [1.54, 1.807) is 5.57 Å². The van der Waals surface area contributed by atoms with E-state index >= 15 is 0 Å². The molecule has 0 spiro atoms. The molecule has 0 radical (unpaired) electrons. The summed E-state index contributed by atoms with van der Waals surface area (Å²) in [7, 11) is 2.18. The number of hydrogen-bond donors (Lipinski definition) is 0. The third-order valence-electron chi connectivity index (χ3n) is 2.37. The van der Waals surface area contributed by atoms with E-state index in [2.05, 4.69) is 37.1 Å². The molecule has 0 bridgehead atoms. The Morgan fingerprint density at radius 2 is 2.42 bits per heavy atom. The maximum Gasteiger partial charge on any atom is 0.0162 e. The number of nitrogens with zero attached hydrogens (tertiary/aromatic N) is 1. The van der Waals surface area contributed by atoms with Crippen molar-refractivity contribution in [3.8, 4) is 0 Å². The maximum absolute atomic E-state index is 2.38. The SMILES string of the molecule is C/C=C\CCC1=CCN(C)CC1. The molecule has 0 atom stereocenters. The Balaban J connectivity index is 2.24. The van der Waals surface area contributed by atoms with E-state index in [0.29, 0.717) is 0 Å². The first-order valence-corrected chi connectivity index (χ1v) is 4.80. The Morgan fingerprint density at radius 1 is 1.58 bits per heavy atom. The van der Waals surface area contributed by atoms with E-state index < -0.39 is 0 Å². The van der Waals surface area contributed by atoms with Gasteiger partial charge in [-0.1, -0.05) is 23.8 Å². The molecule has 0 amide bonds. The van der Waals surface area contributed by atoms with E-state index in [9.17, 15) is 0 Å². The lowest BCUT2D eigenvalue weighted by Gasteiger charge is -2.21. The zero-order valence-corrected chi connectivity index (χ0v) is 8.21. The fourth-order valence-electron chi connectivity index (χ4n) is 1.48. The molecule has 0 aromatic carbocycles. The van der Waals surface area contributed by atoms with E-state index in [1.807, 2.05) is 0 Å². The minimum Gasteiger partial charge on any atom is -0.302 e. The second kappa shape index (κ2) is 5.15. The minimum absolute atomic E-state index is 1.14. The molecule has 1 aliphatic rings. The van der Waals surface area contributed by atoms with Gasteiger partial charge in [0, 0.05) is 13.1 Å². The summed E-state index contributed by atoms with van der Waals surface area (Å²) in [5.41, 5.74) is 1.64. The molecule has 1 heterocycles. The van der Waals surface area contributed by atoms with Gasteiger partial charge in [-0.3, -0.25) is 0 Å². The van der Waals surface area contributed by atoms with Gasteiger partial charge in [0.1, 0.15) is 0 Å². The van der Waals surface area contributed by atoms with Gasteiger partial charge in [0.15, 0.2) is 0 Å². The molecular formula is C11H19N. The minimum atomic E-state index is 1.14. The number of likely N-dealkylation sites (N-methyl/N-ethyl adjacent to an activating group) is 1. The highest BCUT2D eigenvalue weighted by atomic mass is 15.1. The van der Waals surface area contributed by atoms with Crippen molar-refractivity contribution in [2.24, 2.45) is 0 Å². The van der Waals surface area contributed by atoms with Gasteiger partial charge in [-0.25, -0.2) is 0 Å². The second-order valence-electron chi connectivity index (χ2n) is 3.48. The predicted octanol–water partition coefficient (Wildman–Crippen LogP) is 2.60. The molecule has 1 heteroatoms. The molecule has 68 valence electrons. The summed E-state index contributed by atoms with van der Waals surface area (Å²) in [5.74, 6) is 0. The van der Waals surface area contributed by atoms with Crippen molar-refractivity contribution >= 4 is 0 Å². The van der Waals surface area contributed by atoms with Gasteiger partial charge in [0.2, 0.25) is 0 Å². The molecule has 0 fully saturated rings. The molecule has 1 aliphatic heterocycles. The fraction of sp³-hybridized carbons (Fsp3) is 0.636. The van der Waals surface area contributed by atoms with Crippen LogP contribution in [0.1, 0.15) is 26.2 Å². The van der Waals surface area contributed by atoms with Crippen molar-refractivity contribution in [3.05, 3.63) is 23.8 Å². The van der Waals surface area contributed by atoms with Gasteiger partial charge >= 0.3 is 0 Å². The van der Waals surface area contributed by atoms with Crippen molar-refractivity contribution in [2.45, 2.75) is 26.2 Å². The summed E-state index contributed by atoms with van der Waals surface area (Å²) >= 11 is 0. The van der Waals surface area contributed by atoms with Crippen LogP contribution in [-0.2, 0) is 0 Å². The molecule has 0 saturated carbocycles. The van der Waals surface area contributed by atoms with E-state index in [-0.39, 0.29) is 0 Å². The van der Waals surface area contributed by atoms with E-state index in [4.69, 9.17) is 0 Å². The summed E-state index contributed by atoms with van der Waals surface area (Å²) in [4.78, 5) is 2.36. The third-order valence-corrected chi connectivity index (χ3v) is 2.37. The van der Waals surface area contributed by atoms with Crippen LogP contribution < -0.4 is 0 Å². The summed E-state index contributed by atoms with van der Waals surface area (Å²) in [6, 6.07) is 0.